The van der Waals surface area contributed by atoms with Gasteiger partial charge in [-0.3, -0.25) is 0 Å². The van der Waals surface area contributed by atoms with Gasteiger partial charge in [0.15, 0.2) is 0 Å². The summed E-state index contributed by atoms with van der Waals surface area (Å²) in [5.74, 6) is 0. The van der Waals surface area contributed by atoms with Crippen LogP contribution in [0.2, 0.25) is 0 Å². The van der Waals surface area contributed by atoms with Gasteiger partial charge in [0.25, 0.3) is 0 Å². The highest BCUT2D eigenvalue weighted by Crippen LogP contribution is 2.43. The van der Waals surface area contributed by atoms with E-state index < -0.39 is 0 Å². The molecule has 0 fully saturated rings. The third-order valence-electron chi connectivity index (χ3n) is 3.78. The summed E-state index contributed by atoms with van der Waals surface area (Å²) in [6.07, 6.45) is 2.40. The van der Waals surface area contributed by atoms with Crippen LogP contribution in [-0.2, 0) is 5.41 Å². The van der Waals surface area contributed by atoms with Gasteiger partial charge in [0.2, 0.25) is 0 Å². The first kappa shape index (κ1) is 9.57. The van der Waals surface area contributed by atoms with Crippen molar-refractivity contribution in [1.82, 2.24) is 0 Å². The molecule has 2 unspecified atom stereocenters. The summed E-state index contributed by atoms with van der Waals surface area (Å²) in [5, 5.41) is 3.63. The normalized spacial score (nSPS) is 29.8. The van der Waals surface area contributed by atoms with E-state index in [0.717, 1.165) is 0 Å². The minimum Gasteiger partial charge on any atom is -0.381 e. The first-order valence-corrected chi connectivity index (χ1v) is 5.58. The van der Waals surface area contributed by atoms with Gasteiger partial charge in [-0.1, -0.05) is 39.0 Å². The first-order valence-electron chi connectivity index (χ1n) is 5.58. The van der Waals surface area contributed by atoms with Crippen molar-refractivity contribution < 1.29 is 0 Å². The smallest absolute Gasteiger partial charge is 0.0381 e. The second-order valence-electron chi connectivity index (χ2n) is 4.42. The van der Waals surface area contributed by atoms with Crippen LogP contribution in [0.4, 0.5) is 5.69 Å². The largest absolute Gasteiger partial charge is 0.381 e. The van der Waals surface area contributed by atoms with Gasteiger partial charge < -0.3 is 5.32 Å². The molecule has 1 aliphatic rings. The van der Waals surface area contributed by atoms with Gasteiger partial charge in [-0.05, 0) is 24.5 Å². The molecule has 2 atom stereocenters. The van der Waals surface area contributed by atoms with Crippen LogP contribution in [-0.4, -0.2) is 6.04 Å². The summed E-state index contributed by atoms with van der Waals surface area (Å²) in [4.78, 5) is 0. The fourth-order valence-electron chi connectivity index (χ4n) is 2.63. The number of para-hydroxylation sites is 1. The average Bonchev–Trinajstić information content (AvgIpc) is 2.53. The van der Waals surface area contributed by atoms with Crippen molar-refractivity contribution in [2.75, 3.05) is 5.32 Å². The molecule has 0 bridgehead atoms. The monoisotopic (exact) mass is 189 g/mol. The Morgan fingerprint density at radius 1 is 1.29 bits per heavy atom. The lowest BCUT2D eigenvalue weighted by Crippen LogP contribution is -2.34. The van der Waals surface area contributed by atoms with Gasteiger partial charge in [0.1, 0.15) is 0 Å². The van der Waals surface area contributed by atoms with Crippen LogP contribution in [0.25, 0.3) is 0 Å². The summed E-state index contributed by atoms with van der Waals surface area (Å²) in [6, 6.07) is 9.32. The number of nitrogens with one attached hydrogen (secondary N) is 1. The summed E-state index contributed by atoms with van der Waals surface area (Å²) < 4.78 is 0. The molecule has 1 nitrogen and oxygen atoms in total. The number of fused-ring (bicyclic) bond motifs is 1. The summed E-state index contributed by atoms with van der Waals surface area (Å²) in [5.41, 5.74) is 3.16. The van der Waals surface area contributed by atoms with Crippen molar-refractivity contribution in [3.63, 3.8) is 0 Å². The van der Waals surface area contributed by atoms with Crippen LogP contribution in [0.5, 0.6) is 0 Å². The molecule has 0 radical (unpaired) electrons. The molecule has 0 saturated carbocycles. The second kappa shape index (κ2) is 3.30. The van der Waals surface area contributed by atoms with Crippen LogP contribution in [0.1, 0.15) is 39.2 Å². The lowest BCUT2D eigenvalue weighted by Gasteiger charge is -2.30. The van der Waals surface area contributed by atoms with E-state index in [2.05, 4.69) is 50.4 Å². The molecule has 1 aromatic rings. The van der Waals surface area contributed by atoms with Crippen LogP contribution in [0.3, 0.4) is 0 Å². The molecular formula is C13H19N. The lowest BCUT2D eigenvalue weighted by molar-refractivity contribution is 0.396. The molecule has 1 aromatic carbocycles. The van der Waals surface area contributed by atoms with E-state index >= 15 is 0 Å². The predicted molar refractivity (Wildman–Crippen MR) is 61.8 cm³/mol. The first-order chi connectivity index (χ1) is 6.72. The van der Waals surface area contributed by atoms with Crippen molar-refractivity contribution in [3.8, 4) is 0 Å². The molecule has 0 aromatic heterocycles. The van der Waals surface area contributed by atoms with Crippen molar-refractivity contribution in [1.29, 1.82) is 0 Å². The number of hydrogen-bond donors (Lipinski definition) is 1. The van der Waals surface area contributed by atoms with Crippen molar-refractivity contribution >= 4 is 5.69 Å². The van der Waals surface area contributed by atoms with E-state index in [1.807, 2.05) is 0 Å². The quantitative estimate of drug-likeness (QED) is 0.750. The zero-order valence-electron chi connectivity index (χ0n) is 9.30. The summed E-state index contributed by atoms with van der Waals surface area (Å²) in [7, 11) is 0. The van der Waals surface area contributed by atoms with Gasteiger partial charge in [-0.15, -0.1) is 0 Å². The Hall–Kier alpha value is -0.980. The van der Waals surface area contributed by atoms with E-state index in [1.54, 1.807) is 0 Å². The molecule has 0 amide bonds. The molecule has 2 rings (SSSR count). The number of anilines is 1. The average molecular weight is 189 g/mol. The van der Waals surface area contributed by atoms with E-state index in [1.165, 1.54) is 24.1 Å². The van der Waals surface area contributed by atoms with Gasteiger partial charge >= 0.3 is 0 Å². The highest BCUT2D eigenvalue weighted by atomic mass is 15.0. The van der Waals surface area contributed by atoms with E-state index in [4.69, 9.17) is 0 Å². The minimum atomic E-state index is 0.325. The third-order valence-corrected chi connectivity index (χ3v) is 3.78. The zero-order valence-corrected chi connectivity index (χ0v) is 9.30. The fraction of sp³-hybridized carbons (Fsp3) is 0.538. The molecule has 1 aliphatic heterocycles. The Bertz CT molecular complexity index is 332. The summed E-state index contributed by atoms with van der Waals surface area (Å²) >= 11 is 0. The van der Waals surface area contributed by atoms with Crippen LogP contribution >= 0.6 is 0 Å². The number of hydrogen-bond acceptors (Lipinski definition) is 1. The summed E-state index contributed by atoms with van der Waals surface area (Å²) in [6.45, 7) is 6.92. The van der Waals surface area contributed by atoms with E-state index in [0.29, 0.717) is 11.5 Å². The topological polar surface area (TPSA) is 12.0 Å². The lowest BCUT2D eigenvalue weighted by atomic mass is 9.75. The van der Waals surface area contributed by atoms with Crippen molar-refractivity contribution in [2.24, 2.45) is 0 Å². The second-order valence-corrected chi connectivity index (χ2v) is 4.42. The molecule has 14 heavy (non-hydrogen) atoms. The Morgan fingerprint density at radius 2 is 2.00 bits per heavy atom. The van der Waals surface area contributed by atoms with Gasteiger partial charge in [-0.2, -0.15) is 0 Å². The van der Waals surface area contributed by atoms with Gasteiger partial charge in [0, 0.05) is 17.1 Å². The highest BCUT2D eigenvalue weighted by molar-refractivity contribution is 5.61. The predicted octanol–water partition coefficient (Wildman–Crippen LogP) is 3.56. The van der Waals surface area contributed by atoms with Crippen molar-refractivity contribution in [2.45, 2.75) is 45.1 Å². The van der Waals surface area contributed by atoms with Gasteiger partial charge in [-0.25, -0.2) is 0 Å². The fourth-order valence-corrected chi connectivity index (χ4v) is 2.63. The number of rotatable bonds is 2. The van der Waals surface area contributed by atoms with E-state index in [9.17, 15) is 0 Å². The maximum absolute atomic E-state index is 3.63. The highest BCUT2D eigenvalue weighted by Gasteiger charge is 2.40. The Balaban J connectivity index is 2.47. The third kappa shape index (κ3) is 1.15. The Labute approximate surface area is 86.5 Å². The Kier molecular flexibility index (Phi) is 2.26. The maximum atomic E-state index is 3.63. The molecule has 1 N–H and O–H groups in total. The SMILES string of the molecule is CCC1Nc2ccccc2C1(C)CC. The minimum absolute atomic E-state index is 0.325. The molecule has 0 spiro atoms. The standard InChI is InChI=1S/C13H19N/c1-4-12-13(3,5-2)10-8-6-7-9-11(10)14-12/h6-9,12,14H,4-5H2,1-3H3. The van der Waals surface area contributed by atoms with Gasteiger partial charge in [0.05, 0.1) is 0 Å². The molecule has 1 heteroatoms. The van der Waals surface area contributed by atoms with Crippen molar-refractivity contribution in [3.05, 3.63) is 29.8 Å². The van der Waals surface area contributed by atoms with Crippen LogP contribution in [0, 0.1) is 0 Å². The van der Waals surface area contributed by atoms with Crippen LogP contribution < -0.4 is 5.32 Å². The van der Waals surface area contributed by atoms with Crippen LogP contribution in [0.15, 0.2) is 24.3 Å². The number of benzene rings is 1. The molecule has 0 aliphatic carbocycles. The zero-order chi connectivity index (χ0) is 10.2. The molecular weight excluding hydrogens is 170 g/mol. The van der Waals surface area contributed by atoms with E-state index in [-0.39, 0.29) is 0 Å². The Morgan fingerprint density at radius 3 is 2.64 bits per heavy atom. The maximum Gasteiger partial charge on any atom is 0.0381 e. The molecule has 1 heterocycles. The molecule has 76 valence electrons. The molecule has 0 saturated heterocycles.